The zero-order valence-electron chi connectivity index (χ0n) is 13.9. The quantitative estimate of drug-likeness (QED) is 0.346. The zero-order valence-corrected chi connectivity index (χ0v) is 13.9. The number of hydrogen-bond acceptors (Lipinski definition) is 7. The Hall–Kier alpha value is -1.70. The molecular formula is C17H22O7. The van der Waals surface area contributed by atoms with E-state index in [1.54, 1.807) is 0 Å². The molecule has 0 unspecified atom stereocenters. The first-order valence-corrected chi connectivity index (χ1v) is 7.89. The Kier molecular flexibility index (Phi) is 3.67. The standard InChI is InChI=1S/C17H22O7/c1-7-12-10(23-8(2)18)6-16(3,21)9-5-11(19)17(4,22)13(9)14(12)24-15(7)20/h5,10-14,19,21-22H,1,6H2,2-4H3/t10-,11+,12+,13-,14-,16-,17+/m0/s1. The minimum absolute atomic E-state index is 0.00847. The van der Waals surface area contributed by atoms with Crippen molar-refractivity contribution < 1.29 is 34.4 Å². The van der Waals surface area contributed by atoms with Crippen LogP contribution in [0, 0.1) is 11.8 Å². The van der Waals surface area contributed by atoms with Crippen molar-refractivity contribution in [3.8, 4) is 0 Å². The average molecular weight is 338 g/mol. The molecule has 0 spiro atoms. The van der Waals surface area contributed by atoms with E-state index in [-0.39, 0.29) is 12.0 Å². The van der Waals surface area contributed by atoms with Crippen molar-refractivity contribution in [2.24, 2.45) is 11.8 Å². The van der Waals surface area contributed by atoms with Crippen LogP contribution in [0.2, 0.25) is 0 Å². The van der Waals surface area contributed by atoms with Gasteiger partial charge in [0.05, 0.1) is 17.4 Å². The zero-order chi connectivity index (χ0) is 18.0. The molecule has 1 heterocycles. The van der Waals surface area contributed by atoms with Crippen molar-refractivity contribution in [3.05, 3.63) is 23.8 Å². The van der Waals surface area contributed by atoms with E-state index in [2.05, 4.69) is 6.58 Å². The maximum Gasteiger partial charge on any atom is 0.334 e. The predicted octanol–water partition coefficient (Wildman–Crippen LogP) is -0.161. The molecular weight excluding hydrogens is 316 g/mol. The Balaban J connectivity index is 2.14. The second-order valence-corrected chi connectivity index (χ2v) is 7.32. The van der Waals surface area contributed by atoms with Gasteiger partial charge in [0.15, 0.2) is 0 Å². The molecule has 132 valence electrons. The van der Waals surface area contributed by atoms with Gasteiger partial charge in [-0.2, -0.15) is 0 Å². The maximum atomic E-state index is 12.0. The van der Waals surface area contributed by atoms with E-state index in [0.29, 0.717) is 5.57 Å². The predicted molar refractivity (Wildman–Crippen MR) is 81.5 cm³/mol. The van der Waals surface area contributed by atoms with Gasteiger partial charge in [0, 0.05) is 18.9 Å². The summed E-state index contributed by atoms with van der Waals surface area (Å²) in [6.45, 7) is 7.94. The molecule has 0 amide bonds. The van der Waals surface area contributed by atoms with Crippen LogP contribution in [-0.4, -0.2) is 56.8 Å². The average Bonchev–Trinajstić information content (AvgIpc) is 2.80. The van der Waals surface area contributed by atoms with Crippen molar-refractivity contribution in [3.63, 3.8) is 0 Å². The summed E-state index contributed by atoms with van der Waals surface area (Å²) in [5.74, 6) is -2.69. The molecule has 3 rings (SSSR count). The Labute approximate surface area is 139 Å². The van der Waals surface area contributed by atoms with E-state index in [0.717, 1.165) is 0 Å². The van der Waals surface area contributed by atoms with Gasteiger partial charge in [-0.05, 0) is 19.4 Å². The van der Waals surface area contributed by atoms with Gasteiger partial charge in [-0.3, -0.25) is 4.79 Å². The molecule has 0 aromatic rings. The van der Waals surface area contributed by atoms with Gasteiger partial charge in [0.1, 0.15) is 23.9 Å². The number of carbonyl (C=O) groups excluding carboxylic acids is 2. The molecule has 1 saturated carbocycles. The number of carbonyl (C=O) groups is 2. The lowest BCUT2D eigenvalue weighted by Crippen LogP contribution is -2.49. The number of ether oxygens (including phenoxy) is 2. The largest absolute Gasteiger partial charge is 0.462 e. The summed E-state index contributed by atoms with van der Waals surface area (Å²) in [6.07, 6.45) is -1.49. The Morgan fingerprint density at radius 3 is 2.62 bits per heavy atom. The highest BCUT2D eigenvalue weighted by Gasteiger charge is 2.63. The number of aliphatic hydroxyl groups is 3. The number of fused-ring (bicyclic) bond motifs is 3. The monoisotopic (exact) mass is 338 g/mol. The minimum Gasteiger partial charge on any atom is -0.462 e. The lowest BCUT2D eigenvalue weighted by atomic mass is 9.76. The van der Waals surface area contributed by atoms with E-state index in [1.807, 2.05) is 0 Å². The van der Waals surface area contributed by atoms with Crippen LogP contribution in [0.3, 0.4) is 0 Å². The minimum atomic E-state index is -1.63. The molecule has 2 aliphatic carbocycles. The highest BCUT2D eigenvalue weighted by molar-refractivity contribution is 5.91. The third-order valence-corrected chi connectivity index (χ3v) is 5.43. The highest BCUT2D eigenvalue weighted by Crippen LogP contribution is 2.53. The molecule has 24 heavy (non-hydrogen) atoms. The van der Waals surface area contributed by atoms with Crippen molar-refractivity contribution in [2.75, 3.05) is 0 Å². The maximum absolute atomic E-state index is 12.0. The van der Waals surface area contributed by atoms with Gasteiger partial charge < -0.3 is 24.8 Å². The third kappa shape index (κ3) is 2.30. The van der Waals surface area contributed by atoms with Crippen LogP contribution in [0.4, 0.5) is 0 Å². The molecule has 0 bridgehead atoms. The van der Waals surface area contributed by atoms with Crippen LogP contribution in [0.25, 0.3) is 0 Å². The van der Waals surface area contributed by atoms with Crippen molar-refractivity contribution in [1.82, 2.24) is 0 Å². The summed E-state index contributed by atoms with van der Waals surface area (Å²) in [4.78, 5) is 23.5. The summed E-state index contributed by atoms with van der Waals surface area (Å²) in [5, 5.41) is 31.9. The van der Waals surface area contributed by atoms with Crippen LogP contribution in [-0.2, 0) is 19.1 Å². The molecule has 0 aromatic carbocycles. The van der Waals surface area contributed by atoms with Crippen LogP contribution in [0.15, 0.2) is 23.8 Å². The molecule has 1 aliphatic heterocycles. The summed E-state index contributed by atoms with van der Waals surface area (Å²) in [5.41, 5.74) is -2.55. The molecule has 7 atom stereocenters. The van der Waals surface area contributed by atoms with Crippen molar-refractivity contribution >= 4 is 11.9 Å². The summed E-state index contributed by atoms with van der Waals surface area (Å²) in [7, 11) is 0. The van der Waals surface area contributed by atoms with Gasteiger partial charge in [0.25, 0.3) is 0 Å². The Morgan fingerprint density at radius 1 is 1.42 bits per heavy atom. The number of aliphatic hydroxyl groups excluding tert-OH is 1. The SMILES string of the molecule is C=C1C(=O)O[C@H]2[C@H]1[C@@H](OC(C)=O)C[C@](C)(O)C1=C[C@@H](O)[C@@](C)(O)[C@@H]12. The Bertz CT molecular complexity index is 645. The molecule has 0 radical (unpaired) electrons. The van der Waals surface area contributed by atoms with Gasteiger partial charge in [-0.25, -0.2) is 4.79 Å². The highest BCUT2D eigenvalue weighted by atomic mass is 16.6. The molecule has 3 N–H and O–H groups in total. The molecule has 7 heteroatoms. The van der Waals surface area contributed by atoms with E-state index in [1.165, 1.54) is 26.8 Å². The third-order valence-electron chi connectivity index (χ3n) is 5.43. The van der Waals surface area contributed by atoms with Crippen LogP contribution >= 0.6 is 0 Å². The van der Waals surface area contributed by atoms with Gasteiger partial charge in [-0.15, -0.1) is 0 Å². The summed E-state index contributed by atoms with van der Waals surface area (Å²) < 4.78 is 10.7. The molecule has 1 saturated heterocycles. The van der Waals surface area contributed by atoms with Crippen molar-refractivity contribution in [1.29, 1.82) is 0 Å². The molecule has 0 aromatic heterocycles. The lowest BCUT2D eigenvalue weighted by Gasteiger charge is -2.36. The first kappa shape index (κ1) is 17.1. The van der Waals surface area contributed by atoms with E-state index in [4.69, 9.17) is 9.47 Å². The van der Waals surface area contributed by atoms with Gasteiger partial charge >= 0.3 is 11.9 Å². The van der Waals surface area contributed by atoms with Gasteiger partial charge in [-0.1, -0.05) is 12.7 Å². The fourth-order valence-electron chi connectivity index (χ4n) is 4.25. The molecule has 7 nitrogen and oxygen atoms in total. The van der Waals surface area contributed by atoms with E-state index >= 15 is 0 Å². The molecule has 3 aliphatic rings. The smallest absolute Gasteiger partial charge is 0.334 e. The van der Waals surface area contributed by atoms with Crippen LogP contribution < -0.4 is 0 Å². The van der Waals surface area contributed by atoms with Gasteiger partial charge in [0.2, 0.25) is 0 Å². The number of rotatable bonds is 1. The summed E-state index contributed by atoms with van der Waals surface area (Å²) in [6, 6.07) is 0. The fourth-order valence-corrected chi connectivity index (χ4v) is 4.25. The second kappa shape index (κ2) is 5.15. The number of hydrogen-bond donors (Lipinski definition) is 3. The van der Waals surface area contributed by atoms with Crippen molar-refractivity contribution in [2.45, 2.75) is 56.7 Å². The Morgan fingerprint density at radius 2 is 2.04 bits per heavy atom. The van der Waals surface area contributed by atoms with E-state index < -0.39 is 53.3 Å². The number of esters is 2. The van der Waals surface area contributed by atoms with E-state index in [9.17, 15) is 24.9 Å². The second-order valence-electron chi connectivity index (χ2n) is 7.32. The topological polar surface area (TPSA) is 113 Å². The summed E-state index contributed by atoms with van der Waals surface area (Å²) >= 11 is 0. The normalized spacial score (nSPS) is 47.4. The van der Waals surface area contributed by atoms with Crippen LogP contribution in [0.1, 0.15) is 27.2 Å². The van der Waals surface area contributed by atoms with Crippen LogP contribution in [0.5, 0.6) is 0 Å². The first-order chi connectivity index (χ1) is 11.0. The fraction of sp³-hybridized carbons (Fsp3) is 0.647. The lowest BCUT2D eigenvalue weighted by molar-refractivity contribution is -0.155. The first-order valence-electron chi connectivity index (χ1n) is 7.89. The molecule has 2 fully saturated rings.